The Kier molecular flexibility index (Phi) is 4.47. The molecule has 1 amide bonds. The van der Waals surface area contributed by atoms with Gasteiger partial charge in [0, 0.05) is 12.7 Å². The third-order valence-corrected chi connectivity index (χ3v) is 3.21. The fourth-order valence-corrected chi connectivity index (χ4v) is 1.37. The lowest BCUT2D eigenvalue weighted by Crippen LogP contribution is -2.25. The van der Waals surface area contributed by atoms with E-state index in [0.717, 1.165) is 0 Å². The van der Waals surface area contributed by atoms with Gasteiger partial charge in [-0.1, -0.05) is 0 Å². The van der Waals surface area contributed by atoms with Crippen LogP contribution in [0.1, 0.15) is 10.4 Å². The molecule has 1 N–H and O–H groups in total. The number of hydrogen-bond acceptors (Lipinski definition) is 2. The van der Waals surface area contributed by atoms with Gasteiger partial charge in [0.25, 0.3) is 5.91 Å². The van der Waals surface area contributed by atoms with E-state index in [9.17, 15) is 9.18 Å². The first kappa shape index (κ1) is 11.6. The smallest absolute Gasteiger partial charge is 0.252 e. The SMILES string of the molecule is O=C(NCCF)c1cnc(Br)c(Br)c1. The van der Waals surface area contributed by atoms with E-state index in [-0.39, 0.29) is 12.5 Å². The minimum atomic E-state index is -0.573. The van der Waals surface area contributed by atoms with Crippen LogP contribution >= 0.6 is 31.9 Å². The monoisotopic (exact) mass is 324 g/mol. The van der Waals surface area contributed by atoms with Crippen molar-refractivity contribution in [2.45, 2.75) is 0 Å². The maximum atomic E-state index is 11.8. The molecule has 0 aliphatic carbocycles. The molecule has 0 aromatic carbocycles. The van der Waals surface area contributed by atoms with Crippen molar-refractivity contribution in [3.05, 3.63) is 26.9 Å². The number of carbonyl (C=O) groups is 1. The maximum Gasteiger partial charge on any atom is 0.252 e. The number of alkyl halides is 1. The van der Waals surface area contributed by atoms with Gasteiger partial charge in [-0.3, -0.25) is 4.79 Å². The van der Waals surface area contributed by atoms with Gasteiger partial charge in [-0.15, -0.1) is 0 Å². The number of rotatable bonds is 3. The van der Waals surface area contributed by atoms with Crippen LogP contribution in [0.3, 0.4) is 0 Å². The van der Waals surface area contributed by atoms with E-state index in [1.807, 2.05) is 0 Å². The van der Waals surface area contributed by atoms with Crippen LogP contribution in [0.15, 0.2) is 21.3 Å². The number of halogens is 3. The third kappa shape index (κ3) is 3.02. The second-order valence-corrected chi connectivity index (χ2v) is 4.05. The lowest BCUT2D eigenvalue weighted by atomic mass is 10.3. The third-order valence-electron chi connectivity index (χ3n) is 1.44. The van der Waals surface area contributed by atoms with Crippen LogP contribution in [0.25, 0.3) is 0 Å². The fourth-order valence-electron chi connectivity index (χ4n) is 0.808. The topological polar surface area (TPSA) is 42.0 Å². The zero-order valence-electron chi connectivity index (χ0n) is 7.06. The quantitative estimate of drug-likeness (QED) is 0.866. The number of carbonyl (C=O) groups excluding carboxylic acids is 1. The Bertz CT molecular complexity index is 346. The Morgan fingerprint density at radius 1 is 1.57 bits per heavy atom. The van der Waals surface area contributed by atoms with E-state index < -0.39 is 6.67 Å². The molecule has 0 aliphatic rings. The van der Waals surface area contributed by atoms with Gasteiger partial charge >= 0.3 is 0 Å². The molecule has 14 heavy (non-hydrogen) atoms. The summed E-state index contributed by atoms with van der Waals surface area (Å²) in [4.78, 5) is 15.2. The first-order valence-electron chi connectivity index (χ1n) is 3.80. The van der Waals surface area contributed by atoms with Crippen LogP contribution in [0.5, 0.6) is 0 Å². The molecular weight excluding hydrogens is 319 g/mol. The number of amides is 1. The Balaban J connectivity index is 2.76. The molecule has 0 atom stereocenters. The van der Waals surface area contributed by atoms with Crippen molar-refractivity contribution in [3.63, 3.8) is 0 Å². The number of nitrogens with one attached hydrogen (secondary N) is 1. The lowest BCUT2D eigenvalue weighted by molar-refractivity contribution is 0.0950. The average Bonchev–Trinajstić information content (AvgIpc) is 2.18. The molecule has 0 unspecified atom stereocenters. The van der Waals surface area contributed by atoms with Gasteiger partial charge in [0.05, 0.1) is 10.0 Å². The van der Waals surface area contributed by atoms with E-state index in [1.54, 1.807) is 6.07 Å². The van der Waals surface area contributed by atoms with E-state index in [4.69, 9.17) is 0 Å². The normalized spacial score (nSPS) is 9.93. The molecule has 1 aromatic rings. The molecule has 1 rings (SSSR count). The molecule has 1 aromatic heterocycles. The van der Waals surface area contributed by atoms with Gasteiger partial charge in [0.15, 0.2) is 0 Å². The highest BCUT2D eigenvalue weighted by Gasteiger charge is 2.07. The van der Waals surface area contributed by atoms with Gasteiger partial charge in [-0.05, 0) is 37.9 Å². The van der Waals surface area contributed by atoms with Crippen LogP contribution < -0.4 is 5.32 Å². The first-order chi connectivity index (χ1) is 6.65. The zero-order valence-corrected chi connectivity index (χ0v) is 10.2. The van der Waals surface area contributed by atoms with Crippen molar-refractivity contribution in [3.8, 4) is 0 Å². The van der Waals surface area contributed by atoms with Crippen LogP contribution in [-0.4, -0.2) is 24.1 Å². The van der Waals surface area contributed by atoms with Crippen molar-refractivity contribution >= 4 is 37.8 Å². The largest absolute Gasteiger partial charge is 0.349 e. The molecule has 0 bridgehead atoms. The Labute approximate surface area is 97.4 Å². The minimum absolute atomic E-state index is 0.0204. The number of aromatic nitrogens is 1. The van der Waals surface area contributed by atoms with Crippen molar-refractivity contribution < 1.29 is 9.18 Å². The molecule has 6 heteroatoms. The summed E-state index contributed by atoms with van der Waals surface area (Å²) in [6, 6.07) is 1.62. The second-order valence-electron chi connectivity index (χ2n) is 2.44. The van der Waals surface area contributed by atoms with Crippen LogP contribution in [0, 0.1) is 0 Å². The van der Waals surface area contributed by atoms with Crippen LogP contribution in [-0.2, 0) is 0 Å². The van der Waals surface area contributed by atoms with E-state index >= 15 is 0 Å². The van der Waals surface area contributed by atoms with Crippen molar-refractivity contribution in [1.29, 1.82) is 0 Å². The minimum Gasteiger partial charge on any atom is -0.349 e. The molecule has 1 heterocycles. The molecule has 0 saturated heterocycles. The van der Waals surface area contributed by atoms with Gasteiger partial charge in [-0.25, -0.2) is 9.37 Å². The number of nitrogens with zero attached hydrogens (tertiary/aromatic N) is 1. The molecule has 0 spiro atoms. The van der Waals surface area contributed by atoms with E-state index in [2.05, 4.69) is 42.2 Å². The standard InChI is InChI=1S/C8H7Br2FN2O/c9-6-3-5(4-13-7(6)10)8(14)12-2-1-11/h3-4H,1-2H2,(H,12,14). The molecule has 0 saturated carbocycles. The predicted octanol–water partition coefficient (Wildman–Crippen LogP) is 2.31. The Hall–Kier alpha value is -0.490. The maximum absolute atomic E-state index is 11.8. The zero-order chi connectivity index (χ0) is 10.6. The van der Waals surface area contributed by atoms with E-state index in [0.29, 0.717) is 14.6 Å². The summed E-state index contributed by atoms with van der Waals surface area (Å²) in [7, 11) is 0. The predicted molar refractivity (Wildman–Crippen MR) is 57.9 cm³/mol. The first-order valence-corrected chi connectivity index (χ1v) is 5.39. The number of hydrogen-bond donors (Lipinski definition) is 1. The van der Waals surface area contributed by atoms with Crippen molar-refractivity contribution in [1.82, 2.24) is 10.3 Å². The second kappa shape index (κ2) is 5.41. The highest BCUT2D eigenvalue weighted by molar-refractivity contribution is 9.13. The van der Waals surface area contributed by atoms with Gasteiger partial charge in [0.1, 0.15) is 11.3 Å². The molecule has 0 fully saturated rings. The summed E-state index contributed by atoms with van der Waals surface area (Å²) in [6.45, 7) is -0.552. The van der Waals surface area contributed by atoms with Crippen molar-refractivity contribution in [2.75, 3.05) is 13.2 Å². The summed E-state index contributed by atoms with van der Waals surface area (Å²) in [6.07, 6.45) is 1.42. The molecule has 76 valence electrons. The summed E-state index contributed by atoms with van der Waals surface area (Å²) >= 11 is 6.40. The van der Waals surface area contributed by atoms with Crippen LogP contribution in [0.2, 0.25) is 0 Å². The Morgan fingerprint density at radius 2 is 2.29 bits per heavy atom. The van der Waals surface area contributed by atoms with Gasteiger partial charge in [-0.2, -0.15) is 0 Å². The molecule has 3 nitrogen and oxygen atoms in total. The molecular formula is C8H7Br2FN2O. The highest BCUT2D eigenvalue weighted by Crippen LogP contribution is 2.20. The average molecular weight is 326 g/mol. The summed E-state index contributed by atoms with van der Waals surface area (Å²) in [5.41, 5.74) is 0.397. The fraction of sp³-hybridized carbons (Fsp3) is 0.250. The summed E-state index contributed by atoms with van der Waals surface area (Å²) < 4.78 is 13.1. The molecule has 0 aliphatic heterocycles. The Morgan fingerprint density at radius 3 is 2.86 bits per heavy atom. The summed E-state index contributed by atoms with van der Waals surface area (Å²) in [5, 5.41) is 2.41. The van der Waals surface area contributed by atoms with E-state index in [1.165, 1.54) is 6.20 Å². The highest BCUT2D eigenvalue weighted by atomic mass is 79.9. The summed E-state index contributed by atoms with van der Waals surface area (Å²) in [5.74, 6) is -0.330. The van der Waals surface area contributed by atoms with Gasteiger partial charge < -0.3 is 5.32 Å². The van der Waals surface area contributed by atoms with Gasteiger partial charge in [0.2, 0.25) is 0 Å². The molecule has 0 radical (unpaired) electrons. The number of pyridine rings is 1. The lowest BCUT2D eigenvalue weighted by Gasteiger charge is -2.03. The van der Waals surface area contributed by atoms with Crippen LogP contribution in [0.4, 0.5) is 4.39 Å². The van der Waals surface area contributed by atoms with Crippen molar-refractivity contribution in [2.24, 2.45) is 0 Å².